The van der Waals surface area contributed by atoms with E-state index in [1.807, 2.05) is 69.2 Å². The second-order valence-corrected chi connectivity index (χ2v) is 10.3. The molecule has 1 radical (unpaired) electrons. The fourth-order valence-corrected chi connectivity index (χ4v) is 2.78. The molecular weight excluding hydrogens is 533 g/mol. The number of amides is 3. The molecule has 42 heavy (non-hydrogen) atoms. The van der Waals surface area contributed by atoms with E-state index in [4.69, 9.17) is 15.4 Å². The van der Waals surface area contributed by atoms with Gasteiger partial charge in [0.15, 0.2) is 0 Å². The monoisotopic (exact) mass is 594 g/mol. The summed E-state index contributed by atoms with van der Waals surface area (Å²) in [5, 5.41) is 20.4. The fourth-order valence-electron chi connectivity index (χ4n) is 2.78. The Bertz CT molecular complexity index is 838. The number of carbonyl (C=O) groups excluding carboxylic acids is 3. The first-order valence-electron chi connectivity index (χ1n) is 15.4. The van der Waals surface area contributed by atoms with Gasteiger partial charge in [-0.15, -0.1) is 0 Å². The van der Waals surface area contributed by atoms with Crippen LogP contribution in [-0.2, 0) is 14.4 Å². The van der Waals surface area contributed by atoms with Crippen molar-refractivity contribution in [2.75, 3.05) is 38.0 Å². The second-order valence-electron chi connectivity index (χ2n) is 10.3. The molecule has 1 aromatic carbocycles. The number of hydrogen-bond acceptors (Lipinski definition) is 7. The van der Waals surface area contributed by atoms with Crippen LogP contribution in [0, 0.1) is 10.8 Å². The lowest BCUT2D eigenvalue weighted by molar-refractivity contribution is -0.130. The van der Waals surface area contributed by atoms with Gasteiger partial charge in [0, 0.05) is 48.6 Å². The molecule has 1 aromatic rings. The van der Waals surface area contributed by atoms with Crippen LogP contribution in [0.1, 0.15) is 101 Å². The van der Waals surface area contributed by atoms with Crippen molar-refractivity contribution < 1.29 is 24.1 Å². The Morgan fingerprint density at radius 3 is 1.86 bits per heavy atom. The summed E-state index contributed by atoms with van der Waals surface area (Å²) in [5.41, 5.74) is 5.34. The summed E-state index contributed by atoms with van der Waals surface area (Å²) in [4.78, 5) is 35.2. The topological polar surface area (TPSA) is 155 Å². The molecule has 1 rings (SSSR count). The maximum Gasteiger partial charge on any atom is 0.569 e. The van der Waals surface area contributed by atoms with Gasteiger partial charge in [-0.25, -0.2) is 0 Å². The molecule has 3 amide bonds. The van der Waals surface area contributed by atoms with Crippen molar-refractivity contribution in [2.45, 2.75) is 101 Å². The zero-order valence-electron chi connectivity index (χ0n) is 28.1. The van der Waals surface area contributed by atoms with Crippen molar-refractivity contribution in [1.29, 1.82) is 0 Å². The van der Waals surface area contributed by atoms with Gasteiger partial charge >= 0.3 is 7.69 Å². The van der Waals surface area contributed by atoms with Gasteiger partial charge in [-0.1, -0.05) is 75.3 Å². The smallest absolute Gasteiger partial charge is 0.537 e. The lowest BCUT2D eigenvalue weighted by Crippen LogP contribution is -2.37. The van der Waals surface area contributed by atoms with Crippen LogP contribution in [0.5, 0.6) is 5.75 Å². The zero-order valence-corrected chi connectivity index (χ0v) is 28.1. The zero-order chi connectivity index (χ0) is 33.0. The third-order valence-electron chi connectivity index (χ3n) is 6.31. The normalized spacial score (nSPS) is 10.3. The van der Waals surface area contributed by atoms with Crippen LogP contribution in [0.25, 0.3) is 0 Å². The van der Waals surface area contributed by atoms with Gasteiger partial charge in [0.25, 0.3) is 0 Å². The summed E-state index contributed by atoms with van der Waals surface area (Å²) in [6, 6.07) is 6.76. The molecule has 0 aliphatic heterocycles. The van der Waals surface area contributed by atoms with Crippen molar-refractivity contribution in [3.8, 4) is 5.75 Å². The fraction of sp³-hybridized carbons (Fsp3) is 0.710. The van der Waals surface area contributed by atoms with Crippen LogP contribution < -0.4 is 31.7 Å². The molecular formula is C31H61BN5O5. The number of hydrogen-bond donors (Lipinski definition) is 6. The first kappa shape index (κ1) is 43.8. The van der Waals surface area contributed by atoms with E-state index in [0.29, 0.717) is 51.7 Å². The van der Waals surface area contributed by atoms with Gasteiger partial charge in [0.2, 0.25) is 17.7 Å². The van der Waals surface area contributed by atoms with Crippen LogP contribution in [0.3, 0.4) is 0 Å². The van der Waals surface area contributed by atoms with Crippen molar-refractivity contribution >= 4 is 31.1 Å². The Balaban J connectivity index is -0.000000796. The first-order chi connectivity index (χ1) is 19.9. The Morgan fingerprint density at radius 1 is 0.857 bits per heavy atom. The average Bonchev–Trinajstić information content (AvgIpc) is 2.99. The maximum absolute atomic E-state index is 11.9. The molecule has 0 spiro atoms. The van der Waals surface area contributed by atoms with Gasteiger partial charge in [-0.05, 0) is 50.9 Å². The minimum absolute atomic E-state index is 0.0735. The quantitative estimate of drug-likeness (QED) is 0.115. The highest BCUT2D eigenvalue weighted by Crippen LogP contribution is 2.20. The summed E-state index contributed by atoms with van der Waals surface area (Å²) in [6.07, 6.45) is 3.67. The summed E-state index contributed by atoms with van der Waals surface area (Å²) in [7, 11) is 0.594. The third kappa shape index (κ3) is 22.0. The SMILES string of the molecule is CC.CC.CCC(C)(C)C(=O)NCCCN.CCC(C)(C)C(=O)NCCCNCCC(=O)Nc1cccc(O[B]O)c1. The molecule has 11 heteroatoms. The van der Waals surface area contributed by atoms with Crippen LogP contribution in [0.15, 0.2) is 24.3 Å². The number of benzene rings is 1. The first-order valence-corrected chi connectivity index (χ1v) is 15.4. The number of rotatable bonds is 17. The standard InChI is InChI=1S/C18H29BN3O4.C9H20N2O.2C2H6/c1-4-18(2,3)17(24)21-11-6-10-20-12-9-16(23)22-14-7-5-8-15(13-14)26-19-25;1-4-9(2,3)8(12)11-7-5-6-10;2*1-2/h5,7-8,13,20,25H,4,6,9-12H2,1-3H3,(H,21,24)(H,22,23);4-7,10H2,1-3H3,(H,11,12);2*1-2H3. The van der Waals surface area contributed by atoms with E-state index >= 15 is 0 Å². The number of nitrogens with one attached hydrogen (secondary N) is 4. The van der Waals surface area contributed by atoms with E-state index in [-0.39, 0.29) is 28.6 Å². The van der Waals surface area contributed by atoms with E-state index < -0.39 is 0 Å². The van der Waals surface area contributed by atoms with Crippen LogP contribution in [0.2, 0.25) is 0 Å². The van der Waals surface area contributed by atoms with Crippen molar-refractivity contribution in [2.24, 2.45) is 16.6 Å². The Morgan fingerprint density at radius 2 is 1.38 bits per heavy atom. The van der Waals surface area contributed by atoms with E-state index in [9.17, 15) is 14.4 Å². The van der Waals surface area contributed by atoms with E-state index in [1.54, 1.807) is 24.3 Å². The van der Waals surface area contributed by atoms with Crippen LogP contribution in [-0.4, -0.2) is 63.2 Å². The molecule has 10 nitrogen and oxygen atoms in total. The molecule has 0 saturated carbocycles. The lowest BCUT2D eigenvalue weighted by atomic mass is 9.89. The summed E-state index contributed by atoms with van der Waals surface area (Å²) >= 11 is 0. The third-order valence-corrected chi connectivity index (χ3v) is 6.31. The summed E-state index contributed by atoms with van der Waals surface area (Å²) in [5.74, 6) is 0.528. The van der Waals surface area contributed by atoms with Crippen LogP contribution >= 0.6 is 0 Å². The predicted octanol–water partition coefficient (Wildman–Crippen LogP) is 4.39. The largest absolute Gasteiger partial charge is 0.569 e. The Labute approximate surface area is 257 Å². The molecule has 0 heterocycles. The molecule has 0 saturated heterocycles. The van der Waals surface area contributed by atoms with E-state index in [2.05, 4.69) is 21.3 Å². The minimum atomic E-state index is -0.330. The van der Waals surface area contributed by atoms with Gasteiger partial charge in [-0.3, -0.25) is 14.4 Å². The van der Waals surface area contributed by atoms with Crippen molar-refractivity contribution in [3.05, 3.63) is 24.3 Å². The van der Waals surface area contributed by atoms with Crippen molar-refractivity contribution in [1.82, 2.24) is 16.0 Å². The molecule has 0 aliphatic rings. The Hall–Kier alpha value is -2.63. The predicted molar refractivity (Wildman–Crippen MR) is 176 cm³/mol. The molecule has 0 aliphatic carbocycles. The van der Waals surface area contributed by atoms with Gasteiger partial charge in [0.05, 0.1) is 0 Å². The maximum atomic E-state index is 11.9. The van der Waals surface area contributed by atoms with Crippen molar-refractivity contribution in [3.63, 3.8) is 0 Å². The molecule has 0 bridgehead atoms. The highest BCUT2D eigenvalue weighted by Gasteiger charge is 2.25. The average molecular weight is 595 g/mol. The minimum Gasteiger partial charge on any atom is -0.537 e. The van der Waals surface area contributed by atoms with Gasteiger partial charge < -0.3 is 36.7 Å². The highest BCUT2D eigenvalue weighted by atomic mass is 16.5. The second kappa shape index (κ2) is 27.2. The van der Waals surface area contributed by atoms with Gasteiger partial charge in [-0.2, -0.15) is 0 Å². The number of nitrogens with two attached hydrogens (primary N) is 1. The highest BCUT2D eigenvalue weighted by molar-refractivity contribution is 6.17. The van der Waals surface area contributed by atoms with Crippen LogP contribution in [0.4, 0.5) is 5.69 Å². The Kier molecular flexibility index (Phi) is 28.4. The molecule has 7 N–H and O–H groups in total. The molecule has 0 aromatic heterocycles. The molecule has 0 unspecified atom stereocenters. The molecule has 0 fully saturated rings. The summed E-state index contributed by atoms with van der Waals surface area (Å²) in [6.45, 7) is 23.0. The molecule has 243 valence electrons. The number of anilines is 1. The molecule has 0 atom stereocenters. The summed E-state index contributed by atoms with van der Waals surface area (Å²) < 4.78 is 4.85. The number of carbonyl (C=O) groups is 3. The lowest BCUT2D eigenvalue weighted by Gasteiger charge is -2.21. The van der Waals surface area contributed by atoms with Gasteiger partial charge in [0.1, 0.15) is 5.75 Å². The van der Waals surface area contributed by atoms with E-state index in [0.717, 1.165) is 32.2 Å². The van der Waals surface area contributed by atoms with E-state index in [1.165, 1.54) is 0 Å².